The van der Waals surface area contributed by atoms with E-state index in [0.29, 0.717) is 24.6 Å². The topological polar surface area (TPSA) is 97.2 Å². The Bertz CT molecular complexity index is 1130. The van der Waals surface area contributed by atoms with E-state index in [1.807, 2.05) is 19.9 Å². The van der Waals surface area contributed by atoms with E-state index in [4.69, 9.17) is 14.5 Å². The van der Waals surface area contributed by atoms with Gasteiger partial charge in [0, 0.05) is 17.0 Å². The van der Waals surface area contributed by atoms with Crippen LogP contribution in [-0.4, -0.2) is 85.4 Å². The number of nitrogens with one attached hydrogen (secondary N) is 1. The van der Waals surface area contributed by atoms with Gasteiger partial charge in [0.15, 0.2) is 5.78 Å². The summed E-state index contributed by atoms with van der Waals surface area (Å²) < 4.78 is 12.3. The van der Waals surface area contributed by atoms with Crippen LogP contribution in [0.25, 0.3) is 0 Å². The number of rotatable bonds is 7. The number of Topliss-reactive ketones (excluding diaryl/α,β-unsaturated/α-hetero) is 1. The molecule has 0 bridgehead atoms. The summed E-state index contributed by atoms with van der Waals surface area (Å²) in [6, 6.07) is 0.632. The molecule has 1 aliphatic heterocycles. The molecule has 2 saturated carbocycles. The molecule has 2 N–H and O–H groups in total. The van der Waals surface area contributed by atoms with Crippen LogP contribution in [0.4, 0.5) is 0 Å². The summed E-state index contributed by atoms with van der Waals surface area (Å²) in [5, 5.41) is 14.5. The van der Waals surface area contributed by atoms with Gasteiger partial charge in [0.2, 0.25) is 0 Å². The number of ketones is 1. The number of quaternary nitrogens is 1. The van der Waals surface area contributed by atoms with Crippen LogP contribution in [0, 0.1) is 5.41 Å². The smallest absolute Gasteiger partial charge is 0.313 e. The fourth-order valence-electron chi connectivity index (χ4n) is 7.05. The lowest BCUT2D eigenvalue weighted by molar-refractivity contribution is -0.915. The van der Waals surface area contributed by atoms with Crippen LogP contribution in [0.5, 0.6) is 0 Å². The van der Waals surface area contributed by atoms with E-state index in [1.54, 1.807) is 6.92 Å². The van der Waals surface area contributed by atoms with E-state index < -0.39 is 11.0 Å². The predicted octanol–water partition coefficient (Wildman–Crippen LogP) is 3.75. The monoisotopic (exact) mass is 540 g/mol. The summed E-state index contributed by atoms with van der Waals surface area (Å²) in [6.45, 7) is 10.7. The summed E-state index contributed by atoms with van der Waals surface area (Å²) in [5.74, 6) is -0.508. The quantitative estimate of drug-likeness (QED) is 0.221. The number of aliphatic imine (C=N–C) groups is 1. The van der Waals surface area contributed by atoms with Crippen molar-refractivity contribution >= 4 is 17.8 Å². The maximum Gasteiger partial charge on any atom is 0.313 e. The molecule has 1 atom stereocenters. The van der Waals surface area contributed by atoms with E-state index in [1.165, 1.54) is 19.3 Å². The summed E-state index contributed by atoms with van der Waals surface area (Å²) in [7, 11) is 2.23. The normalized spacial score (nSPS) is 28.5. The number of morpholine rings is 1. The highest BCUT2D eigenvalue weighted by Gasteiger charge is 2.65. The number of fused-ring (bicyclic) bond motifs is 1. The number of allylic oxidation sites excluding steroid dienone is 4. The van der Waals surface area contributed by atoms with Crippen molar-refractivity contribution < 1.29 is 28.7 Å². The second-order valence-electron chi connectivity index (χ2n) is 12.7. The largest absolute Gasteiger partial charge is 0.393 e. The van der Waals surface area contributed by atoms with Crippen molar-refractivity contribution in [1.29, 1.82) is 0 Å². The lowest BCUT2D eigenvalue weighted by Crippen LogP contribution is -2.53. The minimum absolute atomic E-state index is 0.194. The Hall–Kier alpha value is -2.29. The zero-order valence-corrected chi connectivity index (χ0v) is 24.2. The molecule has 39 heavy (non-hydrogen) atoms. The molecule has 0 radical (unpaired) electrons. The predicted molar refractivity (Wildman–Crippen MR) is 150 cm³/mol. The van der Waals surface area contributed by atoms with Gasteiger partial charge >= 0.3 is 5.97 Å². The highest BCUT2D eigenvalue weighted by molar-refractivity contribution is 6.10. The molecule has 4 aliphatic carbocycles. The van der Waals surface area contributed by atoms with Crippen molar-refractivity contribution in [1.82, 2.24) is 5.32 Å². The van der Waals surface area contributed by atoms with Crippen molar-refractivity contribution in [3.05, 3.63) is 33.9 Å². The molecule has 0 unspecified atom stereocenters. The summed E-state index contributed by atoms with van der Waals surface area (Å²) in [6.07, 6.45) is 9.97. The van der Waals surface area contributed by atoms with Gasteiger partial charge in [-0.05, 0) is 75.7 Å². The third kappa shape index (κ3) is 5.52. The third-order valence-corrected chi connectivity index (χ3v) is 10.0. The van der Waals surface area contributed by atoms with Crippen molar-refractivity contribution in [3.63, 3.8) is 0 Å². The number of carbonyl (C=O) groups excluding carboxylic acids is 2. The first-order chi connectivity index (χ1) is 18.6. The van der Waals surface area contributed by atoms with Crippen LogP contribution >= 0.6 is 0 Å². The molecule has 8 nitrogen and oxygen atoms in total. The first kappa shape index (κ1) is 28.2. The first-order valence-electron chi connectivity index (χ1n) is 14.9. The summed E-state index contributed by atoms with van der Waals surface area (Å²) >= 11 is 0. The molecule has 0 amide bonds. The second-order valence-corrected chi connectivity index (χ2v) is 12.7. The molecular formula is C31H46N3O5+. The van der Waals surface area contributed by atoms with Gasteiger partial charge in [-0.15, -0.1) is 0 Å². The minimum atomic E-state index is -1.36. The van der Waals surface area contributed by atoms with E-state index in [-0.39, 0.29) is 24.2 Å². The summed E-state index contributed by atoms with van der Waals surface area (Å²) in [4.78, 5) is 31.1. The average molecular weight is 541 g/mol. The number of nitrogens with zero attached hydrogens (tertiary/aromatic N) is 2. The SMILES string of the molecule is CC1=C(CCC(=O)OC(=NCC[N+]2(C)CCOCC2)NC2CCCCC2)C2=C(C)C3(CC3)[C@@](C)(O)C(=O)C2=C1. The molecule has 0 aromatic rings. The Balaban J connectivity index is 1.24. The van der Waals surface area contributed by atoms with E-state index >= 15 is 0 Å². The number of aliphatic hydroxyl groups is 1. The van der Waals surface area contributed by atoms with Gasteiger partial charge in [0.1, 0.15) is 18.7 Å². The van der Waals surface area contributed by atoms with Crippen molar-refractivity contribution in [2.45, 2.75) is 90.2 Å². The summed E-state index contributed by atoms with van der Waals surface area (Å²) in [5.41, 5.74) is 2.82. The van der Waals surface area contributed by atoms with Gasteiger partial charge in [-0.1, -0.05) is 24.8 Å². The zero-order chi connectivity index (χ0) is 27.8. The Morgan fingerprint density at radius 2 is 1.90 bits per heavy atom. The van der Waals surface area contributed by atoms with E-state index in [0.717, 1.165) is 85.3 Å². The average Bonchev–Trinajstić information content (AvgIpc) is 3.66. The number of hydrogen-bond donors (Lipinski definition) is 2. The fourth-order valence-corrected chi connectivity index (χ4v) is 7.05. The molecule has 0 aromatic heterocycles. The highest BCUT2D eigenvalue weighted by Crippen LogP contribution is 2.65. The van der Waals surface area contributed by atoms with Gasteiger partial charge in [-0.25, -0.2) is 4.99 Å². The molecule has 5 rings (SSSR count). The second kappa shape index (κ2) is 10.9. The number of amidine groups is 1. The third-order valence-electron chi connectivity index (χ3n) is 10.0. The number of ether oxygens (including phenoxy) is 2. The standard InChI is InChI=1S/C31H46N3O5/c1-21-20-25-27(22(2)31(12-13-31)30(3,37)28(25)36)24(21)10-11-26(35)39-29(33-23-8-6-5-7-9-23)32-14-15-34(4)16-18-38-19-17-34/h20,23,37H,5-19H2,1-4H3,(H,32,33)/q+1/t30-/m0/s1. The van der Waals surface area contributed by atoms with Crippen LogP contribution in [-0.2, 0) is 19.1 Å². The fraction of sp³-hybridized carbons (Fsp3) is 0.710. The maximum atomic E-state index is 13.2. The van der Waals surface area contributed by atoms with Crippen LogP contribution < -0.4 is 5.32 Å². The number of hydrogen-bond acceptors (Lipinski definition) is 6. The van der Waals surface area contributed by atoms with Crippen molar-refractivity contribution in [2.24, 2.45) is 10.4 Å². The van der Waals surface area contributed by atoms with Crippen LogP contribution in [0.1, 0.15) is 78.6 Å². The van der Waals surface area contributed by atoms with Gasteiger partial charge in [0.05, 0.1) is 39.8 Å². The molecule has 214 valence electrons. The lowest BCUT2D eigenvalue weighted by Gasteiger charge is -2.39. The molecule has 1 heterocycles. The van der Waals surface area contributed by atoms with Crippen molar-refractivity contribution in [2.75, 3.05) is 46.4 Å². The van der Waals surface area contributed by atoms with Gasteiger partial charge < -0.3 is 24.4 Å². The molecule has 5 aliphatic rings. The zero-order valence-electron chi connectivity index (χ0n) is 24.2. The van der Waals surface area contributed by atoms with Gasteiger partial charge in [0.25, 0.3) is 6.02 Å². The van der Waals surface area contributed by atoms with Gasteiger partial charge in [-0.2, -0.15) is 0 Å². The number of esters is 1. The van der Waals surface area contributed by atoms with Crippen LogP contribution in [0.3, 0.4) is 0 Å². The molecule has 0 aromatic carbocycles. The van der Waals surface area contributed by atoms with Crippen molar-refractivity contribution in [3.8, 4) is 0 Å². The maximum absolute atomic E-state index is 13.2. The van der Waals surface area contributed by atoms with Crippen LogP contribution in [0.2, 0.25) is 0 Å². The molecule has 1 saturated heterocycles. The molecule has 3 fully saturated rings. The first-order valence-corrected chi connectivity index (χ1v) is 14.9. The Morgan fingerprint density at radius 3 is 2.56 bits per heavy atom. The number of carbonyl (C=O) groups is 2. The molecular weight excluding hydrogens is 494 g/mol. The highest BCUT2D eigenvalue weighted by atomic mass is 16.6. The Morgan fingerprint density at radius 1 is 1.21 bits per heavy atom. The lowest BCUT2D eigenvalue weighted by atomic mass is 9.67. The molecule has 1 spiro atoms. The van der Waals surface area contributed by atoms with Gasteiger partial charge in [-0.3, -0.25) is 9.59 Å². The van der Waals surface area contributed by atoms with E-state index in [2.05, 4.69) is 12.4 Å². The minimum Gasteiger partial charge on any atom is -0.393 e. The Kier molecular flexibility index (Phi) is 7.92. The van der Waals surface area contributed by atoms with E-state index in [9.17, 15) is 14.7 Å². The number of likely N-dealkylation sites (N-methyl/N-ethyl adjacent to an activating group) is 1. The Labute approximate surface area is 232 Å². The van der Waals surface area contributed by atoms with Crippen LogP contribution in [0.15, 0.2) is 38.9 Å². The molecule has 8 heteroatoms.